The van der Waals surface area contributed by atoms with Gasteiger partial charge in [-0.1, -0.05) is 69.3 Å². The smallest absolute Gasteiger partial charge is 0.266 e. The standard InChI is InChI=1S/C35H39ClN4O4/c1-7-20(2)31-24(10-9-13-28(31)37-33(42)27-19-40(16-17-41)22(4)39(5)35(27)43)25-11-8-12-26(32(25)36)29-18-23-15-14-21(3)30(23)34(38-29)44-6/h8-13,18-21,41H,4,7,14-17H2,1-3,5-6H3,(H,37,42). The zero-order valence-electron chi connectivity index (χ0n) is 25.9. The molecule has 0 saturated heterocycles. The highest BCUT2D eigenvalue weighted by Gasteiger charge is 2.32. The summed E-state index contributed by atoms with van der Waals surface area (Å²) in [6.07, 6.45) is 4.30. The van der Waals surface area contributed by atoms with Crippen LogP contribution in [0.5, 0.6) is 5.88 Å². The maximum Gasteiger partial charge on any atom is 0.266 e. The number of nitrogens with zero attached hydrogens (tertiary/aromatic N) is 3. The van der Waals surface area contributed by atoms with Gasteiger partial charge in [-0.2, -0.15) is 0 Å². The molecule has 2 unspecified atom stereocenters. The van der Waals surface area contributed by atoms with Gasteiger partial charge < -0.3 is 20.1 Å². The van der Waals surface area contributed by atoms with Crippen molar-refractivity contribution in [1.82, 2.24) is 14.8 Å². The van der Waals surface area contributed by atoms with Gasteiger partial charge in [0.1, 0.15) is 11.4 Å². The number of methoxy groups -OCH3 is 1. The summed E-state index contributed by atoms with van der Waals surface area (Å²) in [6.45, 7) is 10.4. The lowest BCUT2D eigenvalue weighted by Gasteiger charge is -2.34. The molecule has 2 aromatic carbocycles. The third kappa shape index (κ3) is 5.60. The van der Waals surface area contributed by atoms with Crippen LogP contribution in [-0.2, 0) is 16.0 Å². The molecule has 44 heavy (non-hydrogen) atoms. The van der Waals surface area contributed by atoms with Crippen LogP contribution in [0, 0.1) is 0 Å². The lowest BCUT2D eigenvalue weighted by Crippen LogP contribution is -2.43. The Kier molecular flexibility index (Phi) is 9.13. The van der Waals surface area contributed by atoms with E-state index in [0.29, 0.717) is 28.3 Å². The maximum atomic E-state index is 13.6. The van der Waals surface area contributed by atoms with Crippen molar-refractivity contribution in [2.75, 3.05) is 32.6 Å². The molecule has 8 nitrogen and oxygen atoms in total. The van der Waals surface area contributed by atoms with Gasteiger partial charge in [0.05, 0.1) is 24.4 Å². The van der Waals surface area contributed by atoms with Gasteiger partial charge >= 0.3 is 0 Å². The summed E-state index contributed by atoms with van der Waals surface area (Å²) >= 11 is 7.19. The molecule has 0 bridgehead atoms. The summed E-state index contributed by atoms with van der Waals surface area (Å²) in [5.41, 5.74) is 7.17. The first-order valence-corrected chi connectivity index (χ1v) is 15.4. The molecule has 1 aromatic heterocycles. The number of carbonyl (C=O) groups is 2. The van der Waals surface area contributed by atoms with E-state index in [1.165, 1.54) is 22.2 Å². The number of benzene rings is 2. The summed E-state index contributed by atoms with van der Waals surface area (Å²) in [4.78, 5) is 34.4. The second kappa shape index (κ2) is 12.8. The second-order valence-corrected chi connectivity index (χ2v) is 11.8. The molecule has 0 radical (unpaired) electrons. The number of aliphatic hydroxyl groups excluding tert-OH is 1. The number of aromatic nitrogens is 1. The molecule has 2 aliphatic rings. The van der Waals surface area contributed by atoms with E-state index in [4.69, 9.17) is 21.3 Å². The average molecular weight is 615 g/mol. The highest BCUT2D eigenvalue weighted by Crippen LogP contribution is 2.45. The first-order chi connectivity index (χ1) is 21.1. The number of aryl methyl sites for hydroxylation is 1. The number of hydrogen-bond donors (Lipinski definition) is 2. The second-order valence-electron chi connectivity index (χ2n) is 11.5. The number of halogens is 1. The van der Waals surface area contributed by atoms with E-state index < -0.39 is 11.8 Å². The minimum absolute atomic E-state index is 0.0418. The molecule has 2 N–H and O–H groups in total. The Bertz CT molecular complexity index is 1670. The van der Waals surface area contributed by atoms with Crippen LogP contribution < -0.4 is 10.1 Å². The van der Waals surface area contributed by atoms with Crippen molar-refractivity contribution in [2.45, 2.75) is 51.9 Å². The van der Waals surface area contributed by atoms with Crippen LogP contribution in [0.25, 0.3) is 22.4 Å². The van der Waals surface area contributed by atoms with Gasteiger partial charge in [0.2, 0.25) is 5.88 Å². The number of β-amino-alcohol motifs (C(OH)–C–C–N with tert-alkyl or cyclic N) is 1. The minimum Gasteiger partial charge on any atom is -0.481 e. The predicted octanol–water partition coefficient (Wildman–Crippen LogP) is 6.70. The lowest BCUT2D eigenvalue weighted by molar-refractivity contribution is -0.128. The molecule has 1 aliphatic heterocycles. The number of nitrogens with one attached hydrogen (secondary N) is 1. The lowest BCUT2D eigenvalue weighted by atomic mass is 9.87. The van der Waals surface area contributed by atoms with Crippen molar-refractivity contribution in [3.05, 3.63) is 88.4 Å². The Morgan fingerprint density at radius 3 is 2.64 bits per heavy atom. The van der Waals surface area contributed by atoms with Crippen LogP contribution in [0.4, 0.5) is 5.69 Å². The van der Waals surface area contributed by atoms with Gasteiger partial charge in [-0.05, 0) is 59.9 Å². The molecule has 230 valence electrons. The van der Waals surface area contributed by atoms with E-state index in [0.717, 1.165) is 47.2 Å². The van der Waals surface area contributed by atoms with Crippen molar-refractivity contribution in [3.8, 4) is 28.3 Å². The largest absolute Gasteiger partial charge is 0.481 e. The molecular weight excluding hydrogens is 576 g/mol. The first-order valence-electron chi connectivity index (χ1n) is 15.0. The third-order valence-corrected chi connectivity index (χ3v) is 9.20. The van der Waals surface area contributed by atoms with E-state index in [-0.39, 0.29) is 24.6 Å². The minimum atomic E-state index is -0.539. The van der Waals surface area contributed by atoms with E-state index in [1.807, 2.05) is 36.4 Å². The number of pyridine rings is 1. The van der Waals surface area contributed by atoms with Crippen molar-refractivity contribution < 1.29 is 19.4 Å². The highest BCUT2D eigenvalue weighted by molar-refractivity contribution is 6.36. The van der Waals surface area contributed by atoms with Gasteiger partial charge in [-0.25, -0.2) is 4.98 Å². The van der Waals surface area contributed by atoms with Crippen molar-refractivity contribution in [1.29, 1.82) is 0 Å². The molecular formula is C35H39ClN4O4. The van der Waals surface area contributed by atoms with Crippen LogP contribution in [0.1, 0.15) is 62.1 Å². The molecule has 9 heteroatoms. The number of aliphatic hydroxyl groups is 1. The molecule has 0 saturated carbocycles. The van der Waals surface area contributed by atoms with E-state index in [1.54, 1.807) is 19.1 Å². The number of rotatable bonds is 9. The number of ether oxygens (including phenoxy) is 1. The summed E-state index contributed by atoms with van der Waals surface area (Å²) in [5, 5.41) is 13.0. The highest BCUT2D eigenvalue weighted by atomic mass is 35.5. The fourth-order valence-electron chi connectivity index (χ4n) is 6.13. The molecule has 1 aliphatic carbocycles. The zero-order valence-corrected chi connectivity index (χ0v) is 26.7. The Balaban J connectivity index is 1.57. The van der Waals surface area contributed by atoms with E-state index >= 15 is 0 Å². The molecule has 5 rings (SSSR count). The SMILES string of the molecule is C=C1N(CCO)C=C(C(=O)Nc2cccc(-c3cccc(-c4cc5c(c(OC)n4)C(C)CC5)c3Cl)c2C(C)CC)C(=O)N1C. The number of fused-ring (bicyclic) bond motifs is 1. The Hall–Kier alpha value is -4.14. The van der Waals surface area contributed by atoms with E-state index in [9.17, 15) is 14.7 Å². The first kappa shape index (κ1) is 31.3. The normalized spacial score (nSPS) is 17.0. The fraction of sp³-hybridized carbons (Fsp3) is 0.343. The molecule has 2 amide bonds. The van der Waals surface area contributed by atoms with E-state index in [2.05, 4.69) is 38.7 Å². The number of anilines is 1. The van der Waals surface area contributed by atoms with Gasteiger partial charge in [-0.3, -0.25) is 14.5 Å². The van der Waals surface area contributed by atoms with Crippen LogP contribution in [0.15, 0.2) is 66.6 Å². The molecule has 0 spiro atoms. The quantitative estimate of drug-likeness (QED) is 0.261. The summed E-state index contributed by atoms with van der Waals surface area (Å²) in [7, 11) is 3.21. The molecule has 2 atom stereocenters. The summed E-state index contributed by atoms with van der Waals surface area (Å²) in [5.74, 6) is 0.490. The van der Waals surface area contributed by atoms with Crippen LogP contribution >= 0.6 is 11.6 Å². The molecule has 2 heterocycles. The Labute approximate surface area is 264 Å². The molecule has 3 aromatic rings. The van der Waals surface area contributed by atoms with Gasteiger partial charge in [0.25, 0.3) is 11.8 Å². The van der Waals surface area contributed by atoms with Crippen molar-refractivity contribution in [3.63, 3.8) is 0 Å². The average Bonchev–Trinajstić information content (AvgIpc) is 3.40. The summed E-state index contributed by atoms with van der Waals surface area (Å²) in [6, 6.07) is 13.8. The number of amides is 2. The zero-order chi connectivity index (χ0) is 31.7. The Morgan fingerprint density at radius 2 is 1.93 bits per heavy atom. The van der Waals surface area contributed by atoms with Crippen molar-refractivity contribution >= 4 is 29.1 Å². The monoisotopic (exact) mass is 614 g/mol. The van der Waals surface area contributed by atoms with Crippen LogP contribution in [0.3, 0.4) is 0 Å². The maximum absolute atomic E-state index is 13.6. The van der Waals surface area contributed by atoms with Gasteiger partial charge in [0, 0.05) is 42.2 Å². The van der Waals surface area contributed by atoms with Crippen molar-refractivity contribution in [2.24, 2.45) is 0 Å². The van der Waals surface area contributed by atoms with Crippen LogP contribution in [0.2, 0.25) is 5.02 Å². The number of carbonyl (C=O) groups excluding carboxylic acids is 2. The topological polar surface area (TPSA) is 95.0 Å². The Morgan fingerprint density at radius 1 is 1.23 bits per heavy atom. The fourth-order valence-corrected chi connectivity index (χ4v) is 6.46. The van der Waals surface area contributed by atoms with Gasteiger partial charge in [0.15, 0.2) is 0 Å². The number of likely N-dealkylation sites (N-methyl/N-ethyl adjacent to an activating group) is 1. The predicted molar refractivity (Wildman–Crippen MR) is 175 cm³/mol. The van der Waals surface area contributed by atoms with Gasteiger partial charge in [-0.15, -0.1) is 0 Å². The molecule has 0 fully saturated rings. The van der Waals surface area contributed by atoms with Crippen LogP contribution in [-0.4, -0.2) is 59.0 Å². The summed E-state index contributed by atoms with van der Waals surface area (Å²) < 4.78 is 5.71. The number of hydrogen-bond acceptors (Lipinski definition) is 6. The third-order valence-electron chi connectivity index (χ3n) is 8.79.